The van der Waals surface area contributed by atoms with Crippen LogP contribution >= 0.6 is 15.9 Å². The highest BCUT2D eigenvalue weighted by Crippen LogP contribution is 2.38. The Morgan fingerprint density at radius 1 is 1.38 bits per heavy atom. The molecule has 0 radical (unpaired) electrons. The molecule has 0 saturated carbocycles. The van der Waals surface area contributed by atoms with Gasteiger partial charge in [-0.1, -0.05) is 28.0 Å². The number of rotatable bonds is 4. The van der Waals surface area contributed by atoms with Crippen molar-refractivity contribution in [3.05, 3.63) is 34.1 Å². The van der Waals surface area contributed by atoms with Crippen LogP contribution in [0.2, 0.25) is 0 Å². The van der Waals surface area contributed by atoms with Crippen molar-refractivity contribution in [3.63, 3.8) is 0 Å². The first-order chi connectivity index (χ1) is 9.86. The quantitative estimate of drug-likeness (QED) is 0.892. The third-order valence-corrected chi connectivity index (χ3v) is 3.59. The van der Waals surface area contributed by atoms with Crippen LogP contribution in [0.3, 0.4) is 0 Å². The predicted molar refractivity (Wildman–Crippen MR) is 74.5 cm³/mol. The minimum Gasteiger partial charge on any atom is -0.339 e. The molecule has 4 nitrogen and oxygen atoms in total. The molecule has 0 amide bonds. The summed E-state index contributed by atoms with van der Waals surface area (Å²) in [5, 5.41) is 3.65. The van der Waals surface area contributed by atoms with Crippen molar-refractivity contribution < 1.29 is 17.7 Å². The first-order valence-electron chi connectivity index (χ1n) is 6.27. The zero-order chi connectivity index (χ0) is 15.6. The summed E-state index contributed by atoms with van der Waals surface area (Å²) in [7, 11) is 0. The average Bonchev–Trinajstić information content (AvgIpc) is 2.88. The highest BCUT2D eigenvalue weighted by Gasteiger charge is 2.35. The normalized spacial score (nSPS) is 13.4. The topological polar surface area (TPSA) is 64.9 Å². The second-order valence-corrected chi connectivity index (χ2v) is 5.40. The molecule has 1 atom stereocenters. The summed E-state index contributed by atoms with van der Waals surface area (Å²) in [5.74, 6) is 0.0128. The third-order valence-electron chi connectivity index (χ3n) is 3.10. The maximum atomic E-state index is 13.1. The molecular weight excluding hydrogens is 351 g/mol. The summed E-state index contributed by atoms with van der Waals surface area (Å²) < 4.78 is 44.6. The van der Waals surface area contributed by atoms with Crippen molar-refractivity contribution in [3.8, 4) is 11.4 Å². The number of halogens is 4. The molecule has 114 valence electrons. The van der Waals surface area contributed by atoms with Crippen LogP contribution < -0.4 is 5.73 Å². The fourth-order valence-corrected chi connectivity index (χ4v) is 2.26. The second-order valence-electron chi connectivity index (χ2n) is 4.48. The number of nitrogens with two attached hydrogens (primary N) is 1. The van der Waals surface area contributed by atoms with Gasteiger partial charge in [-0.25, -0.2) is 0 Å². The molecule has 0 aliphatic carbocycles. The van der Waals surface area contributed by atoms with Gasteiger partial charge in [0.05, 0.1) is 11.5 Å². The van der Waals surface area contributed by atoms with Gasteiger partial charge in [-0.3, -0.25) is 0 Å². The van der Waals surface area contributed by atoms with Crippen molar-refractivity contribution in [2.45, 2.75) is 25.4 Å². The summed E-state index contributed by atoms with van der Waals surface area (Å²) in [4.78, 5) is 4.05. The van der Waals surface area contributed by atoms with Crippen molar-refractivity contribution in [2.24, 2.45) is 5.73 Å². The Hall–Kier alpha value is -1.41. The summed E-state index contributed by atoms with van der Waals surface area (Å²) in [6, 6.07) is 3.80. The van der Waals surface area contributed by atoms with Gasteiger partial charge in [-0.15, -0.1) is 0 Å². The Kier molecular flexibility index (Phi) is 4.67. The van der Waals surface area contributed by atoms with E-state index in [9.17, 15) is 13.2 Å². The Morgan fingerprint density at radius 3 is 2.67 bits per heavy atom. The van der Waals surface area contributed by atoms with Gasteiger partial charge in [0.15, 0.2) is 0 Å². The van der Waals surface area contributed by atoms with Gasteiger partial charge in [0.25, 0.3) is 0 Å². The molecule has 2 N–H and O–H groups in total. The standard InChI is InChI=1S/C13H13BrF3N3O/c1-2-7(6-18)12-19-11(20-21-12)9-4-3-8(14)5-10(9)13(15,16)17/h3-5,7H,2,6,18H2,1H3. The van der Waals surface area contributed by atoms with E-state index in [-0.39, 0.29) is 23.2 Å². The van der Waals surface area contributed by atoms with Crippen molar-refractivity contribution in [1.29, 1.82) is 0 Å². The zero-order valence-corrected chi connectivity index (χ0v) is 12.7. The molecule has 2 rings (SSSR count). The fourth-order valence-electron chi connectivity index (χ4n) is 1.90. The van der Waals surface area contributed by atoms with E-state index in [1.165, 1.54) is 12.1 Å². The molecule has 0 spiro atoms. The van der Waals surface area contributed by atoms with Crippen molar-refractivity contribution in [1.82, 2.24) is 10.1 Å². The summed E-state index contributed by atoms with van der Waals surface area (Å²) >= 11 is 3.03. The van der Waals surface area contributed by atoms with Crippen LogP contribution in [-0.4, -0.2) is 16.7 Å². The lowest BCUT2D eigenvalue weighted by Crippen LogP contribution is -2.12. The van der Waals surface area contributed by atoms with Gasteiger partial charge in [0.1, 0.15) is 0 Å². The maximum Gasteiger partial charge on any atom is 0.417 e. The fraction of sp³-hybridized carbons (Fsp3) is 0.385. The summed E-state index contributed by atoms with van der Waals surface area (Å²) in [5.41, 5.74) is 4.64. The zero-order valence-electron chi connectivity index (χ0n) is 11.1. The van der Waals surface area contributed by atoms with Crippen LogP contribution in [0.5, 0.6) is 0 Å². The molecule has 1 aromatic carbocycles. The maximum absolute atomic E-state index is 13.1. The van der Waals surface area contributed by atoms with E-state index in [0.29, 0.717) is 17.4 Å². The molecule has 1 heterocycles. The second kappa shape index (κ2) is 6.15. The Morgan fingerprint density at radius 2 is 2.10 bits per heavy atom. The first kappa shape index (κ1) is 16.0. The summed E-state index contributed by atoms with van der Waals surface area (Å²) in [6.07, 6.45) is -3.83. The SMILES string of the molecule is CCC(CN)c1nc(-c2ccc(Br)cc2C(F)(F)F)no1. The largest absolute Gasteiger partial charge is 0.417 e. The number of benzene rings is 1. The number of nitrogens with zero attached hydrogens (tertiary/aromatic N) is 2. The number of hydrogen-bond donors (Lipinski definition) is 1. The van der Waals surface area contributed by atoms with Gasteiger partial charge >= 0.3 is 6.18 Å². The van der Waals surface area contributed by atoms with Gasteiger partial charge in [-0.2, -0.15) is 18.2 Å². The van der Waals surface area contributed by atoms with E-state index < -0.39 is 11.7 Å². The predicted octanol–water partition coefficient (Wildman–Crippen LogP) is 3.97. The summed E-state index contributed by atoms with van der Waals surface area (Å²) in [6.45, 7) is 2.19. The number of alkyl halides is 3. The number of aromatic nitrogens is 2. The Bertz CT molecular complexity index is 623. The molecule has 1 aromatic heterocycles. The molecule has 2 aromatic rings. The van der Waals surface area contributed by atoms with Gasteiger partial charge < -0.3 is 10.3 Å². The minimum atomic E-state index is -4.50. The average molecular weight is 364 g/mol. The van der Waals surface area contributed by atoms with Crippen LogP contribution in [0.15, 0.2) is 27.2 Å². The molecule has 0 bridgehead atoms. The Labute approximate surface area is 127 Å². The van der Waals surface area contributed by atoms with Crippen molar-refractivity contribution >= 4 is 15.9 Å². The molecule has 0 fully saturated rings. The van der Waals surface area contributed by atoms with Gasteiger partial charge in [0.2, 0.25) is 11.7 Å². The monoisotopic (exact) mass is 363 g/mol. The third kappa shape index (κ3) is 3.44. The molecule has 21 heavy (non-hydrogen) atoms. The van der Waals surface area contributed by atoms with E-state index in [2.05, 4.69) is 26.1 Å². The Balaban J connectivity index is 2.48. The van der Waals surface area contributed by atoms with Crippen LogP contribution in [0.1, 0.15) is 30.7 Å². The van der Waals surface area contributed by atoms with E-state index in [0.717, 1.165) is 6.07 Å². The first-order valence-corrected chi connectivity index (χ1v) is 7.07. The lowest BCUT2D eigenvalue weighted by atomic mass is 10.1. The number of hydrogen-bond acceptors (Lipinski definition) is 4. The van der Waals surface area contributed by atoms with E-state index in [1.807, 2.05) is 6.92 Å². The van der Waals surface area contributed by atoms with Crippen LogP contribution in [0, 0.1) is 0 Å². The lowest BCUT2D eigenvalue weighted by molar-refractivity contribution is -0.137. The van der Waals surface area contributed by atoms with Crippen LogP contribution in [0.25, 0.3) is 11.4 Å². The molecule has 0 aliphatic heterocycles. The minimum absolute atomic E-state index is 0.0864. The van der Waals surface area contributed by atoms with Gasteiger partial charge in [-0.05, 0) is 24.6 Å². The van der Waals surface area contributed by atoms with Crippen molar-refractivity contribution in [2.75, 3.05) is 6.54 Å². The van der Waals surface area contributed by atoms with Gasteiger partial charge in [0, 0.05) is 16.6 Å². The lowest BCUT2D eigenvalue weighted by Gasteiger charge is -2.10. The highest BCUT2D eigenvalue weighted by molar-refractivity contribution is 9.10. The smallest absolute Gasteiger partial charge is 0.339 e. The molecular formula is C13H13BrF3N3O. The molecule has 8 heteroatoms. The van der Waals surface area contributed by atoms with E-state index in [4.69, 9.17) is 10.3 Å². The highest BCUT2D eigenvalue weighted by atomic mass is 79.9. The molecule has 0 aliphatic rings. The molecule has 1 unspecified atom stereocenters. The molecule has 0 saturated heterocycles. The van der Waals surface area contributed by atoms with Crippen LogP contribution in [-0.2, 0) is 6.18 Å². The van der Waals surface area contributed by atoms with Crippen LogP contribution in [0.4, 0.5) is 13.2 Å². The van der Waals surface area contributed by atoms with E-state index >= 15 is 0 Å². The van der Waals surface area contributed by atoms with E-state index in [1.54, 1.807) is 0 Å².